The molecular formula is C28H39N5. The summed E-state index contributed by atoms with van der Waals surface area (Å²) in [5.41, 5.74) is 5.62. The summed E-state index contributed by atoms with van der Waals surface area (Å²) in [6.07, 6.45) is 10.6. The zero-order valence-corrected chi connectivity index (χ0v) is 20.3. The lowest BCUT2D eigenvalue weighted by atomic mass is 9.84. The fraction of sp³-hybridized carbons (Fsp3) is 0.571. The van der Waals surface area contributed by atoms with Crippen LogP contribution in [0.3, 0.4) is 0 Å². The number of fused-ring (bicyclic) bond motifs is 2. The van der Waals surface area contributed by atoms with Gasteiger partial charge in [-0.3, -0.25) is 0 Å². The minimum Gasteiger partial charge on any atom is -0.355 e. The molecule has 1 N–H and O–H groups in total. The molecule has 2 aromatic carbocycles. The van der Waals surface area contributed by atoms with E-state index in [-0.39, 0.29) is 0 Å². The molecule has 0 saturated heterocycles. The Hall–Kier alpha value is -2.40. The highest BCUT2D eigenvalue weighted by Gasteiger charge is 2.40. The van der Waals surface area contributed by atoms with E-state index in [1.54, 1.807) is 0 Å². The summed E-state index contributed by atoms with van der Waals surface area (Å²) in [5, 5.41) is 4.28. The van der Waals surface area contributed by atoms with Crippen LogP contribution in [0.1, 0.15) is 51.4 Å². The summed E-state index contributed by atoms with van der Waals surface area (Å²) in [4.78, 5) is 10.2. The molecule has 4 aliphatic rings. The molecule has 0 spiro atoms. The van der Waals surface area contributed by atoms with Gasteiger partial charge in [-0.15, -0.1) is 0 Å². The lowest BCUT2D eigenvalue weighted by molar-refractivity contribution is 0.238. The zero-order valence-electron chi connectivity index (χ0n) is 20.3. The van der Waals surface area contributed by atoms with Gasteiger partial charge in [-0.05, 0) is 49.9 Å². The van der Waals surface area contributed by atoms with Crippen LogP contribution in [0.5, 0.6) is 0 Å². The molecule has 2 fully saturated rings. The molecule has 6 rings (SSSR count). The number of nitrogens with zero attached hydrogens (tertiary/aromatic N) is 4. The molecule has 2 saturated carbocycles. The molecule has 4 atom stereocenters. The highest BCUT2D eigenvalue weighted by Crippen LogP contribution is 2.41. The van der Waals surface area contributed by atoms with Crippen LogP contribution in [0, 0.1) is 0 Å². The molecule has 4 unspecified atom stereocenters. The third-order valence-corrected chi connectivity index (χ3v) is 8.62. The van der Waals surface area contributed by atoms with Gasteiger partial charge in [0.1, 0.15) is 0 Å². The fourth-order valence-electron chi connectivity index (χ4n) is 7.02. The summed E-state index contributed by atoms with van der Waals surface area (Å²) < 4.78 is 0. The van der Waals surface area contributed by atoms with Gasteiger partial charge in [-0.2, -0.15) is 0 Å². The molecule has 33 heavy (non-hydrogen) atoms. The van der Waals surface area contributed by atoms with E-state index in [1.165, 1.54) is 74.1 Å². The lowest BCUT2D eigenvalue weighted by Gasteiger charge is -2.45. The van der Waals surface area contributed by atoms with Crippen LogP contribution < -0.4 is 24.9 Å². The maximum Gasteiger partial charge on any atom is 0.0904 e. The number of rotatable bonds is 4. The van der Waals surface area contributed by atoms with Gasteiger partial charge in [-0.1, -0.05) is 49.9 Å². The largest absolute Gasteiger partial charge is 0.355 e. The number of para-hydroxylation sites is 4. The summed E-state index contributed by atoms with van der Waals surface area (Å²) in [5.74, 6) is 0. The van der Waals surface area contributed by atoms with Crippen LogP contribution >= 0.6 is 0 Å². The Labute approximate surface area is 199 Å². The first-order valence-corrected chi connectivity index (χ1v) is 13.1. The van der Waals surface area contributed by atoms with Crippen LogP contribution in [-0.2, 0) is 0 Å². The van der Waals surface area contributed by atoms with Gasteiger partial charge in [0, 0.05) is 38.3 Å². The number of anilines is 4. The highest BCUT2D eigenvalue weighted by atomic mass is 15.4. The quantitative estimate of drug-likeness (QED) is 0.712. The summed E-state index contributed by atoms with van der Waals surface area (Å²) >= 11 is 0. The normalized spacial score (nSPS) is 29.4. The molecule has 0 aromatic heterocycles. The Kier molecular flexibility index (Phi) is 5.61. The SMILES string of the molecule is CN1CN(C2CCCCC2NC2CCCCC2N2CN(C)c3ccccc32)c2ccccc21. The van der Waals surface area contributed by atoms with Gasteiger partial charge in [0.05, 0.1) is 36.1 Å². The van der Waals surface area contributed by atoms with Crippen molar-refractivity contribution in [2.24, 2.45) is 0 Å². The average molecular weight is 446 g/mol. The molecule has 2 aliphatic heterocycles. The van der Waals surface area contributed by atoms with E-state index in [0.717, 1.165) is 13.3 Å². The molecule has 0 amide bonds. The van der Waals surface area contributed by atoms with Crippen molar-refractivity contribution in [3.8, 4) is 0 Å². The molecular weight excluding hydrogens is 406 g/mol. The summed E-state index contributed by atoms with van der Waals surface area (Å²) in [6.45, 7) is 2.03. The first-order valence-electron chi connectivity index (χ1n) is 13.1. The zero-order chi connectivity index (χ0) is 22.4. The van der Waals surface area contributed by atoms with Gasteiger partial charge in [0.15, 0.2) is 0 Å². The molecule has 5 heteroatoms. The van der Waals surface area contributed by atoms with Crippen LogP contribution in [0.15, 0.2) is 48.5 Å². The first-order chi connectivity index (χ1) is 16.2. The molecule has 176 valence electrons. The van der Waals surface area contributed by atoms with Crippen LogP contribution in [0.4, 0.5) is 22.7 Å². The Morgan fingerprint density at radius 2 is 0.970 bits per heavy atom. The van der Waals surface area contributed by atoms with Gasteiger partial charge >= 0.3 is 0 Å². The second-order valence-electron chi connectivity index (χ2n) is 10.7. The van der Waals surface area contributed by atoms with Crippen molar-refractivity contribution in [2.45, 2.75) is 75.5 Å². The molecule has 0 bridgehead atoms. The number of hydrogen-bond donors (Lipinski definition) is 1. The Morgan fingerprint density at radius 3 is 1.42 bits per heavy atom. The van der Waals surface area contributed by atoms with Crippen LogP contribution in [0.25, 0.3) is 0 Å². The monoisotopic (exact) mass is 445 g/mol. The lowest BCUT2D eigenvalue weighted by Crippen LogP contribution is -2.60. The van der Waals surface area contributed by atoms with E-state index in [1.807, 2.05) is 0 Å². The van der Waals surface area contributed by atoms with Gasteiger partial charge < -0.3 is 24.9 Å². The van der Waals surface area contributed by atoms with E-state index < -0.39 is 0 Å². The second-order valence-corrected chi connectivity index (χ2v) is 10.7. The number of benzene rings is 2. The third-order valence-electron chi connectivity index (χ3n) is 8.62. The maximum atomic E-state index is 4.28. The molecule has 2 heterocycles. The topological polar surface area (TPSA) is 25.0 Å². The van der Waals surface area contributed by atoms with E-state index >= 15 is 0 Å². The van der Waals surface area contributed by atoms with E-state index in [9.17, 15) is 0 Å². The second kappa shape index (κ2) is 8.75. The van der Waals surface area contributed by atoms with Crippen LogP contribution in [-0.4, -0.2) is 51.6 Å². The maximum absolute atomic E-state index is 4.28. The van der Waals surface area contributed by atoms with Crippen molar-refractivity contribution in [1.29, 1.82) is 0 Å². The summed E-state index contributed by atoms with van der Waals surface area (Å²) in [7, 11) is 4.48. The molecule has 0 radical (unpaired) electrons. The standard InChI is InChI=1S/C28H39N5/c1-30-19-32(27-17-9-7-15-25(27)30)23-13-5-3-11-21(23)29-22-12-4-6-14-24(22)33-20-31(2)26-16-8-10-18-28(26)33/h7-10,15-18,21-24,29H,3-6,11-14,19-20H2,1-2H3. The smallest absolute Gasteiger partial charge is 0.0904 e. The minimum absolute atomic E-state index is 0.569. The first kappa shape index (κ1) is 21.2. The molecule has 2 aromatic rings. The van der Waals surface area contributed by atoms with E-state index in [0.29, 0.717) is 24.2 Å². The minimum atomic E-state index is 0.569. The molecule has 2 aliphatic carbocycles. The van der Waals surface area contributed by atoms with Gasteiger partial charge in [0.25, 0.3) is 0 Å². The third kappa shape index (κ3) is 3.74. The Morgan fingerprint density at radius 1 is 0.576 bits per heavy atom. The average Bonchev–Trinajstić information content (AvgIpc) is 3.37. The van der Waals surface area contributed by atoms with Crippen molar-refractivity contribution >= 4 is 22.7 Å². The fourth-order valence-corrected chi connectivity index (χ4v) is 7.02. The van der Waals surface area contributed by atoms with Crippen molar-refractivity contribution in [3.63, 3.8) is 0 Å². The number of nitrogens with one attached hydrogen (secondary N) is 1. The Balaban J connectivity index is 1.24. The Bertz CT molecular complexity index is 899. The predicted octanol–water partition coefficient (Wildman–Crippen LogP) is 5.03. The number of hydrogen-bond acceptors (Lipinski definition) is 5. The predicted molar refractivity (Wildman–Crippen MR) is 140 cm³/mol. The highest BCUT2D eigenvalue weighted by molar-refractivity contribution is 5.77. The van der Waals surface area contributed by atoms with Crippen molar-refractivity contribution in [3.05, 3.63) is 48.5 Å². The van der Waals surface area contributed by atoms with Gasteiger partial charge in [-0.25, -0.2) is 0 Å². The van der Waals surface area contributed by atoms with Crippen molar-refractivity contribution in [2.75, 3.05) is 47.0 Å². The van der Waals surface area contributed by atoms with E-state index in [2.05, 4.69) is 87.5 Å². The van der Waals surface area contributed by atoms with Crippen molar-refractivity contribution in [1.82, 2.24) is 5.32 Å². The van der Waals surface area contributed by atoms with E-state index in [4.69, 9.17) is 0 Å². The molecule has 5 nitrogen and oxygen atoms in total. The van der Waals surface area contributed by atoms with Crippen LogP contribution in [0.2, 0.25) is 0 Å². The van der Waals surface area contributed by atoms with Crippen molar-refractivity contribution < 1.29 is 0 Å². The van der Waals surface area contributed by atoms with Gasteiger partial charge in [0.2, 0.25) is 0 Å². The summed E-state index contributed by atoms with van der Waals surface area (Å²) in [6, 6.07) is 20.3.